The van der Waals surface area contributed by atoms with Crippen molar-refractivity contribution in [2.24, 2.45) is 4.40 Å². The fourth-order valence-corrected chi connectivity index (χ4v) is 7.43. The number of para-hydroxylation sites is 1. The molecule has 0 aliphatic carbocycles. The minimum absolute atomic E-state index is 0.0228. The van der Waals surface area contributed by atoms with Gasteiger partial charge in [0.05, 0.1) is 23.7 Å². The van der Waals surface area contributed by atoms with Crippen molar-refractivity contribution in [3.8, 4) is 11.5 Å². The molecule has 218 valence electrons. The molecular formula is C30H24N4O7S2. The van der Waals surface area contributed by atoms with Crippen molar-refractivity contribution in [2.75, 3.05) is 11.9 Å². The Morgan fingerprint density at radius 1 is 1.00 bits per heavy atom. The Morgan fingerprint density at radius 2 is 1.70 bits per heavy atom. The van der Waals surface area contributed by atoms with Gasteiger partial charge in [0.25, 0.3) is 21.5 Å². The molecule has 1 aliphatic heterocycles. The zero-order valence-corrected chi connectivity index (χ0v) is 23.9. The van der Waals surface area contributed by atoms with Crippen molar-refractivity contribution in [3.63, 3.8) is 0 Å². The Bertz CT molecular complexity index is 2070. The number of hydrogen-bond acceptors (Lipinski definition) is 9. The molecule has 5 aromatic rings. The summed E-state index contributed by atoms with van der Waals surface area (Å²) in [6.07, 6.45) is -1.10. The van der Waals surface area contributed by atoms with Crippen molar-refractivity contribution in [3.05, 3.63) is 117 Å². The molecule has 2 aromatic heterocycles. The van der Waals surface area contributed by atoms with Crippen molar-refractivity contribution >= 4 is 49.0 Å². The van der Waals surface area contributed by atoms with Crippen LogP contribution in [-0.2, 0) is 16.6 Å². The van der Waals surface area contributed by atoms with E-state index in [1.807, 2.05) is 30.3 Å². The zero-order valence-electron chi connectivity index (χ0n) is 22.3. The first-order valence-electron chi connectivity index (χ1n) is 13.0. The average molecular weight is 617 g/mol. The van der Waals surface area contributed by atoms with Gasteiger partial charge in [-0.2, -0.15) is 8.42 Å². The van der Waals surface area contributed by atoms with E-state index in [9.17, 15) is 33.3 Å². The highest BCUT2D eigenvalue weighted by Gasteiger charge is 2.35. The first-order valence-corrected chi connectivity index (χ1v) is 15.3. The molecule has 1 unspecified atom stereocenters. The quantitative estimate of drug-likeness (QED) is 0.185. The van der Waals surface area contributed by atoms with Gasteiger partial charge in [0, 0.05) is 17.3 Å². The summed E-state index contributed by atoms with van der Waals surface area (Å²) >= 11 is 0.923. The maximum Gasteiger partial charge on any atom is 0.288 e. The highest BCUT2D eigenvalue weighted by atomic mass is 32.2. The van der Waals surface area contributed by atoms with Crippen LogP contribution in [0.25, 0.3) is 10.9 Å². The summed E-state index contributed by atoms with van der Waals surface area (Å²) in [4.78, 5) is 26.4. The molecule has 6 rings (SSSR count). The molecule has 3 aromatic carbocycles. The van der Waals surface area contributed by atoms with Crippen LogP contribution in [0.15, 0.2) is 98.3 Å². The van der Waals surface area contributed by atoms with Crippen LogP contribution in [0.1, 0.15) is 33.2 Å². The van der Waals surface area contributed by atoms with Crippen molar-refractivity contribution < 1.29 is 28.5 Å². The van der Waals surface area contributed by atoms with Crippen LogP contribution >= 0.6 is 11.3 Å². The largest absolute Gasteiger partial charge is 0.508 e. The smallest absolute Gasteiger partial charge is 0.288 e. The second-order valence-corrected chi connectivity index (χ2v) is 12.2. The van der Waals surface area contributed by atoms with Crippen LogP contribution in [0, 0.1) is 0 Å². The van der Waals surface area contributed by atoms with Gasteiger partial charge in [0.2, 0.25) is 0 Å². The van der Waals surface area contributed by atoms with Gasteiger partial charge in [-0.05, 0) is 35.4 Å². The van der Waals surface area contributed by atoms with Crippen LogP contribution in [0.3, 0.4) is 0 Å². The van der Waals surface area contributed by atoms with Gasteiger partial charge in [-0.3, -0.25) is 9.59 Å². The van der Waals surface area contributed by atoms with Crippen molar-refractivity contribution in [1.29, 1.82) is 0 Å². The molecule has 0 saturated heterocycles. The Morgan fingerprint density at radius 3 is 2.44 bits per heavy atom. The van der Waals surface area contributed by atoms with Crippen LogP contribution in [-0.4, -0.2) is 46.6 Å². The Kier molecular flexibility index (Phi) is 7.22. The molecule has 0 fully saturated rings. The Hall–Kier alpha value is -4.98. The number of carbonyl (C=O) groups excluding carboxylic acids is 1. The van der Waals surface area contributed by atoms with Gasteiger partial charge in [0.1, 0.15) is 27.0 Å². The van der Waals surface area contributed by atoms with Crippen LogP contribution in [0.2, 0.25) is 0 Å². The van der Waals surface area contributed by atoms with E-state index in [0.717, 1.165) is 16.9 Å². The van der Waals surface area contributed by atoms with E-state index in [1.165, 1.54) is 34.2 Å². The predicted octanol–water partition coefficient (Wildman–Crippen LogP) is 3.55. The number of aromatic nitrogens is 1. The lowest BCUT2D eigenvalue weighted by atomic mass is 10.1. The number of aliphatic hydroxyl groups is 1. The van der Waals surface area contributed by atoms with E-state index in [0.29, 0.717) is 16.5 Å². The minimum atomic E-state index is -4.50. The SMILES string of the molecule is O=C(NCC(O)c1ccc(O)cc1)c1csc2c1S(=O)(=O)N=C(c1c(O)c3ccccc3n(Cc3ccccc3)c1=O)N2. The third-order valence-corrected chi connectivity index (χ3v) is 9.38. The summed E-state index contributed by atoms with van der Waals surface area (Å²) in [5.74, 6) is -1.51. The number of aromatic hydroxyl groups is 2. The minimum Gasteiger partial charge on any atom is -0.508 e. The number of nitrogens with one attached hydrogen (secondary N) is 2. The lowest BCUT2D eigenvalue weighted by Gasteiger charge is -2.19. The number of rotatable bonds is 7. The number of thiophene rings is 1. The topological polar surface area (TPSA) is 170 Å². The highest BCUT2D eigenvalue weighted by Crippen LogP contribution is 2.38. The number of nitrogens with zero attached hydrogens (tertiary/aromatic N) is 2. The fraction of sp³-hybridized carbons (Fsp3) is 0.100. The maximum atomic E-state index is 13.8. The van der Waals surface area contributed by atoms with Gasteiger partial charge in [-0.1, -0.05) is 54.6 Å². The van der Waals surface area contributed by atoms with Gasteiger partial charge >= 0.3 is 0 Å². The number of amidine groups is 1. The van der Waals surface area contributed by atoms with Gasteiger partial charge in [0.15, 0.2) is 5.84 Å². The highest BCUT2D eigenvalue weighted by molar-refractivity contribution is 7.90. The van der Waals surface area contributed by atoms with Gasteiger partial charge in [-0.15, -0.1) is 15.7 Å². The van der Waals surface area contributed by atoms with E-state index in [4.69, 9.17) is 0 Å². The summed E-state index contributed by atoms with van der Waals surface area (Å²) in [5.41, 5.74) is 0.578. The number of pyridine rings is 1. The Labute approximate surface area is 249 Å². The van der Waals surface area contributed by atoms with E-state index in [2.05, 4.69) is 15.0 Å². The van der Waals surface area contributed by atoms with E-state index >= 15 is 0 Å². The number of sulfonamides is 1. The molecule has 3 heterocycles. The third kappa shape index (κ3) is 5.25. The summed E-state index contributed by atoms with van der Waals surface area (Å²) in [6, 6.07) is 21.8. The van der Waals surface area contributed by atoms with Gasteiger partial charge < -0.3 is 30.5 Å². The normalized spacial score (nSPS) is 14.4. The third-order valence-electron chi connectivity index (χ3n) is 6.99. The van der Waals surface area contributed by atoms with E-state index in [-0.39, 0.29) is 45.7 Å². The molecule has 0 radical (unpaired) electrons. The lowest BCUT2D eigenvalue weighted by Crippen LogP contribution is -2.33. The number of carbonyl (C=O) groups is 1. The standard InChI is InChI=1S/C30H24N4O7S2/c35-19-12-10-18(11-13-19)23(36)14-31-28(38)21-16-42-29-26(21)43(40,41)33-27(32-29)24-25(37)20-8-4-5-9-22(20)34(30(24)39)15-17-6-2-1-3-7-17/h1-13,16,23,35-37H,14-15H2,(H,31,38)(H,32,33). The molecule has 43 heavy (non-hydrogen) atoms. The van der Waals surface area contributed by atoms with Crippen molar-refractivity contribution in [2.45, 2.75) is 17.5 Å². The summed E-state index contributed by atoms with van der Waals surface area (Å²) in [5, 5.41) is 38.1. The average Bonchev–Trinajstić information content (AvgIpc) is 3.44. The lowest BCUT2D eigenvalue weighted by molar-refractivity contribution is 0.0913. The van der Waals surface area contributed by atoms with Crippen LogP contribution < -0.4 is 16.2 Å². The molecule has 1 atom stereocenters. The second kappa shape index (κ2) is 11.0. The monoisotopic (exact) mass is 616 g/mol. The van der Waals surface area contributed by atoms with E-state index in [1.54, 1.807) is 24.3 Å². The molecule has 0 saturated carbocycles. The molecule has 1 amide bonds. The zero-order chi connectivity index (χ0) is 30.3. The molecule has 0 bridgehead atoms. The van der Waals surface area contributed by atoms with Crippen LogP contribution in [0.5, 0.6) is 11.5 Å². The fourth-order valence-electron chi connectivity index (χ4n) is 4.88. The first-order chi connectivity index (χ1) is 20.6. The number of anilines is 1. The summed E-state index contributed by atoms with van der Waals surface area (Å²) in [7, 11) is -4.50. The first kappa shape index (κ1) is 28.2. The number of benzene rings is 3. The summed E-state index contributed by atoms with van der Waals surface area (Å²) < 4.78 is 32.1. The number of fused-ring (bicyclic) bond motifs is 2. The number of amides is 1. The number of aliphatic hydroxyl groups excluding tert-OH is 1. The molecule has 1 aliphatic rings. The van der Waals surface area contributed by atoms with Gasteiger partial charge in [-0.25, -0.2) is 0 Å². The number of hydrogen-bond donors (Lipinski definition) is 5. The molecule has 5 N–H and O–H groups in total. The number of phenolic OH excluding ortho intramolecular Hbond substituents is 1. The molecule has 0 spiro atoms. The number of phenols is 1. The second-order valence-electron chi connectivity index (χ2n) is 9.78. The molecular weight excluding hydrogens is 592 g/mol. The van der Waals surface area contributed by atoms with Crippen molar-refractivity contribution in [1.82, 2.24) is 9.88 Å². The molecule has 13 heteroatoms. The predicted molar refractivity (Wildman–Crippen MR) is 162 cm³/mol. The van der Waals surface area contributed by atoms with E-state index < -0.39 is 33.3 Å². The Balaban J connectivity index is 1.34. The molecule has 11 nitrogen and oxygen atoms in total. The maximum absolute atomic E-state index is 13.8. The summed E-state index contributed by atoms with van der Waals surface area (Å²) in [6.45, 7) is -0.0554. The van der Waals surface area contributed by atoms with Crippen LogP contribution in [0.4, 0.5) is 5.00 Å².